The van der Waals surface area contributed by atoms with Crippen molar-refractivity contribution in [1.29, 1.82) is 0 Å². The van der Waals surface area contributed by atoms with Gasteiger partial charge in [-0.3, -0.25) is 0 Å². The predicted octanol–water partition coefficient (Wildman–Crippen LogP) is 4.56. The molecule has 0 fully saturated rings. The topological polar surface area (TPSA) is 46.5 Å². The van der Waals surface area contributed by atoms with E-state index in [9.17, 15) is 9.18 Å². The average Bonchev–Trinajstić information content (AvgIpc) is 2.21. The maximum Gasteiger partial charge on any atom is 0.341 e. The van der Waals surface area contributed by atoms with Gasteiger partial charge in [-0.2, -0.15) is 0 Å². The van der Waals surface area contributed by atoms with Crippen molar-refractivity contribution in [2.75, 3.05) is 0 Å². The van der Waals surface area contributed by atoms with Crippen molar-refractivity contribution < 1.29 is 18.7 Å². The Hall–Kier alpha value is -1.07. The fourth-order valence-corrected chi connectivity index (χ4v) is 2.49. The fourth-order valence-electron chi connectivity index (χ4n) is 1.24. The first kappa shape index (κ1) is 16.0. The van der Waals surface area contributed by atoms with Crippen molar-refractivity contribution in [3.8, 4) is 5.75 Å². The summed E-state index contributed by atoms with van der Waals surface area (Å²) in [6.45, 7) is 9.80. The molecular formula is C13H18ClFO3Si. The van der Waals surface area contributed by atoms with Gasteiger partial charge in [0.05, 0.1) is 5.02 Å². The third-order valence-electron chi connectivity index (χ3n) is 3.44. The van der Waals surface area contributed by atoms with Gasteiger partial charge < -0.3 is 9.53 Å². The van der Waals surface area contributed by atoms with Crippen LogP contribution in [0.15, 0.2) is 12.1 Å². The number of carboxylic acid groups (broad SMARTS) is 1. The van der Waals surface area contributed by atoms with Crippen molar-refractivity contribution in [3.63, 3.8) is 0 Å². The summed E-state index contributed by atoms with van der Waals surface area (Å²) in [6, 6.07) is 2.34. The summed E-state index contributed by atoms with van der Waals surface area (Å²) >= 11 is 5.83. The molecule has 0 atom stereocenters. The van der Waals surface area contributed by atoms with Crippen LogP contribution in [0.4, 0.5) is 4.39 Å². The second-order valence-electron chi connectivity index (χ2n) is 5.90. The second-order valence-corrected chi connectivity index (χ2v) is 11.0. The molecule has 1 rings (SSSR count). The van der Waals surface area contributed by atoms with Crippen molar-refractivity contribution in [1.82, 2.24) is 0 Å². The normalized spacial score (nSPS) is 12.4. The minimum atomic E-state index is -2.34. The van der Waals surface area contributed by atoms with E-state index >= 15 is 0 Å². The maximum absolute atomic E-state index is 13.9. The van der Waals surface area contributed by atoms with Crippen LogP contribution in [-0.4, -0.2) is 19.4 Å². The fraction of sp³-hybridized carbons (Fsp3) is 0.462. The van der Waals surface area contributed by atoms with Gasteiger partial charge in [0.25, 0.3) is 8.32 Å². The quantitative estimate of drug-likeness (QED) is 0.833. The monoisotopic (exact) mass is 304 g/mol. The van der Waals surface area contributed by atoms with Crippen LogP contribution in [0.1, 0.15) is 31.1 Å². The molecule has 1 aromatic rings. The lowest BCUT2D eigenvalue weighted by atomic mass is 10.2. The molecule has 0 radical (unpaired) electrons. The van der Waals surface area contributed by atoms with Crippen molar-refractivity contribution in [2.24, 2.45) is 0 Å². The Morgan fingerprint density at radius 2 is 1.89 bits per heavy atom. The first-order chi connectivity index (χ1) is 8.47. The minimum Gasteiger partial charge on any atom is -0.541 e. The largest absolute Gasteiger partial charge is 0.541 e. The lowest BCUT2D eigenvalue weighted by Gasteiger charge is -2.36. The van der Waals surface area contributed by atoms with Crippen LogP contribution in [0, 0.1) is 5.82 Å². The van der Waals surface area contributed by atoms with Gasteiger partial charge in [0.2, 0.25) is 0 Å². The molecule has 0 amide bonds. The van der Waals surface area contributed by atoms with Crippen molar-refractivity contribution >= 4 is 25.9 Å². The van der Waals surface area contributed by atoms with E-state index < -0.39 is 20.1 Å². The summed E-state index contributed by atoms with van der Waals surface area (Å²) in [5.74, 6) is -2.25. The van der Waals surface area contributed by atoms with E-state index in [0.717, 1.165) is 6.07 Å². The van der Waals surface area contributed by atoms with Gasteiger partial charge in [-0.25, -0.2) is 9.18 Å². The van der Waals surface area contributed by atoms with E-state index in [-0.39, 0.29) is 21.4 Å². The molecule has 0 saturated carbocycles. The first-order valence-electron chi connectivity index (χ1n) is 5.87. The third-order valence-corrected chi connectivity index (χ3v) is 8.08. The average molecular weight is 305 g/mol. The Labute approximate surface area is 118 Å². The number of aromatic carboxylic acids is 1. The van der Waals surface area contributed by atoms with E-state index in [0.29, 0.717) is 0 Å². The minimum absolute atomic E-state index is 0.0254. The number of hydrogen-bond acceptors (Lipinski definition) is 2. The van der Waals surface area contributed by atoms with Crippen molar-refractivity contribution in [3.05, 3.63) is 28.5 Å². The zero-order valence-corrected chi connectivity index (χ0v) is 13.4. The molecule has 0 bridgehead atoms. The standard InChI is InChI=1S/C13H18ClFO3Si/c1-13(2,3)19(4,5)18-11-9(15)7-6-8(14)10(11)12(16)17/h6-7H,1-5H3,(H,16,17). The summed E-state index contributed by atoms with van der Waals surface area (Å²) in [5, 5.41) is 8.96. The predicted molar refractivity (Wildman–Crippen MR) is 76.2 cm³/mol. The molecule has 0 unspecified atom stereocenters. The summed E-state index contributed by atoms with van der Waals surface area (Å²) in [5.41, 5.74) is -0.313. The van der Waals surface area contributed by atoms with Crippen LogP contribution in [0.3, 0.4) is 0 Å². The Morgan fingerprint density at radius 3 is 2.32 bits per heavy atom. The summed E-state index contributed by atoms with van der Waals surface area (Å²) in [7, 11) is -2.34. The molecule has 0 aliphatic carbocycles. The SMILES string of the molecule is CC(C)(C)[Si](C)(C)Oc1c(F)ccc(Cl)c1C(=O)O. The highest BCUT2D eigenvalue weighted by molar-refractivity contribution is 6.74. The van der Waals surface area contributed by atoms with Crippen LogP contribution in [0.25, 0.3) is 0 Å². The Bertz CT molecular complexity index is 509. The van der Waals surface area contributed by atoms with Crippen LogP contribution in [0.5, 0.6) is 5.75 Å². The Balaban J connectivity index is 3.36. The lowest BCUT2D eigenvalue weighted by Crippen LogP contribution is -2.44. The van der Waals surface area contributed by atoms with Gasteiger partial charge in [0.15, 0.2) is 11.6 Å². The summed E-state index contributed by atoms with van der Waals surface area (Å²) in [6.07, 6.45) is 0. The van der Waals surface area contributed by atoms with Gasteiger partial charge >= 0.3 is 5.97 Å². The number of carbonyl (C=O) groups is 1. The molecule has 3 nitrogen and oxygen atoms in total. The molecule has 0 saturated heterocycles. The zero-order chi connectivity index (χ0) is 15.0. The molecule has 106 valence electrons. The van der Waals surface area contributed by atoms with Crippen molar-refractivity contribution in [2.45, 2.75) is 38.9 Å². The van der Waals surface area contributed by atoms with E-state index in [1.807, 2.05) is 33.9 Å². The highest BCUT2D eigenvalue weighted by Crippen LogP contribution is 2.40. The third kappa shape index (κ3) is 3.28. The Morgan fingerprint density at radius 1 is 1.37 bits per heavy atom. The smallest absolute Gasteiger partial charge is 0.341 e. The molecule has 0 aliphatic heterocycles. The highest BCUT2D eigenvalue weighted by Gasteiger charge is 2.40. The molecule has 6 heteroatoms. The second kappa shape index (κ2) is 5.13. The molecule has 0 spiro atoms. The maximum atomic E-state index is 13.9. The van der Waals surface area contributed by atoms with Crippen LogP contribution < -0.4 is 4.43 Å². The number of hydrogen-bond donors (Lipinski definition) is 1. The van der Waals surface area contributed by atoms with Gasteiger partial charge in [-0.05, 0) is 30.3 Å². The number of benzene rings is 1. The van der Waals surface area contributed by atoms with E-state index in [2.05, 4.69) is 0 Å². The van der Waals surface area contributed by atoms with Crippen LogP contribution in [0.2, 0.25) is 23.2 Å². The zero-order valence-electron chi connectivity index (χ0n) is 11.7. The number of carboxylic acids is 1. The summed E-state index contributed by atoms with van der Waals surface area (Å²) < 4.78 is 19.7. The Kier molecular flexibility index (Phi) is 4.32. The molecular weight excluding hydrogens is 287 g/mol. The van der Waals surface area contributed by atoms with E-state index in [4.69, 9.17) is 21.1 Å². The summed E-state index contributed by atoms with van der Waals surface area (Å²) in [4.78, 5) is 11.2. The first-order valence-corrected chi connectivity index (χ1v) is 9.16. The molecule has 19 heavy (non-hydrogen) atoms. The van der Waals surface area contributed by atoms with Gasteiger partial charge in [-0.1, -0.05) is 32.4 Å². The number of rotatable bonds is 3. The molecule has 1 N–H and O–H groups in total. The molecule has 0 heterocycles. The van der Waals surface area contributed by atoms with Crippen LogP contribution in [-0.2, 0) is 0 Å². The van der Waals surface area contributed by atoms with E-state index in [1.54, 1.807) is 0 Å². The van der Waals surface area contributed by atoms with Gasteiger partial charge in [0, 0.05) is 0 Å². The van der Waals surface area contributed by atoms with Crippen LogP contribution >= 0.6 is 11.6 Å². The molecule has 0 aromatic heterocycles. The molecule has 0 aliphatic rings. The molecule has 1 aromatic carbocycles. The number of halogens is 2. The van der Waals surface area contributed by atoms with Gasteiger partial charge in [0.1, 0.15) is 5.56 Å². The van der Waals surface area contributed by atoms with E-state index in [1.165, 1.54) is 6.07 Å². The lowest BCUT2D eigenvalue weighted by molar-refractivity contribution is 0.0694. The van der Waals surface area contributed by atoms with Gasteiger partial charge in [-0.15, -0.1) is 0 Å². The highest BCUT2D eigenvalue weighted by atomic mass is 35.5.